The van der Waals surface area contributed by atoms with Crippen molar-refractivity contribution in [2.24, 2.45) is 5.92 Å². The van der Waals surface area contributed by atoms with Crippen molar-refractivity contribution in [3.05, 3.63) is 0 Å². The molecule has 0 radical (unpaired) electrons. The SMILES string of the molecule is CC(CCC(=O)OCCC#N)CC(=O)OCCC#N. The van der Waals surface area contributed by atoms with Crippen LogP contribution in [0.15, 0.2) is 0 Å². The molecule has 0 heterocycles. The molecule has 0 N–H and O–H groups in total. The fourth-order valence-corrected chi connectivity index (χ4v) is 1.30. The van der Waals surface area contributed by atoms with Crippen LogP contribution in [0, 0.1) is 28.6 Å². The average Bonchev–Trinajstić information content (AvgIpc) is 2.37. The van der Waals surface area contributed by atoms with Crippen LogP contribution >= 0.6 is 0 Å². The third-order valence-electron chi connectivity index (χ3n) is 2.31. The molecule has 0 rings (SSSR count). The molecule has 0 aliphatic heterocycles. The summed E-state index contributed by atoms with van der Waals surface area (Å²) in [4.78, 5) is 22.5. The molecule has 0 amide bonds. The van der Waals surface area contributed by atoms with Gasteiger partial charge in [-0.05, 0) is 12.3 Å². The molecular weight excluding hydrogens is 248 g/mol. The van der Waals surface area contributed by atoms with E-state index in [4.69, 9.17) is 20.0 Å². The molecule has 1 unspecified atom stereocenters. The van der Waals surface area contributed by atoms with Crippen LogP contribution in [0.4, 0.5) is 0 Å². The first kappa shape index (κ1) is 16.9. The molecular formula is C13H18N2O4. The zero-order valence-electron chi connectivity index (χ0n) is 11.1. The molecule has 0 aromatic heterocycles. The molecule has 19 heavy (non-hydrogen) atoms. The summed E-state index contributed by atoms with van der Waals surface area (Å²) in [7, 11) is 0. The fraction of sp³-hybridized carbons (Fsp3) is 0.692. The van der Waals surface area contributed by atoms with Gasteiger partial charge in [-0.2, -0.15) is 10.5 Å². The van der Waals surface area contributed by atoms with Gasteiger partial charge in [0.05, 0.1) is 25.0 Å². The van der Waals surface area contributed by atoms with Gasteiger partial charge in [-0.1, -0.05) is 6.92 Å². The number of nitrogens with zero attached hydrogens (tertiary/aromatic N) is 2. The van der Waals surface area contributed by atoms with E-state index in [1.807, 2.05) is 19.1 Å². The minimum absolute atomic E-state index is 0.0121. The van der Waals surface area contributed by atoms with Crippen LogP contribution in [0.1, 0.15) is 39.0 Å². The van der Waals surface area contributed by atoms with Crippen molar-refractivity contribution in [3.8, 4) is 12.1 Å². The largest absolute Gasteiger partial charge is 0.465 e. The van der Waals surface area contributed by atoms with Crippen molar-refractivity contribution in [1.82, 2.24) is 0 Å². The summed E-state index contributed by atoms with van der Waals surface area (Å²) < 4.78 is 9.63. The molecule has 0 aromatic carbocycles. The van der Waals surface area contributed by atoms with E-state index in [2.05, 4.69) is 0 Å². The Kier molecular flexibility index (Phi) is 9.83. The molecule has 6 nitrogen and oxygen atoms in total. The third-order valence-corrected chi connectivity index (χ3v) is 2.31. The standard InChI is InChI=1S/C13H18N2O4/c1-11(10-13(17)19-9-3-7-15)4-5-12(16)18-8-2-6-14/h11H,2-5,8-10H2,1H3. The van der Waals surface area contributed by atoms with Crippen LogP contribution < -0.4 is 0 Å². The topological polar surface area (TPSA) is 100 Å². The monoisotopic (exact) mass is 266 g/mol. The molecule has 1 atom stereocenters. The van der Waals surface area contributed by atoms with Crippen molar-refractivity contribution in [2.75, 3.05) is 13.2 Å². The molecule has 0 saturated carbocycles. The van der Waals surface area contributed by atoms with E-state index in [1.54, 1.807) is 0 Å². The molecule has 0 aliphatic carbocycles. The highest BCUT2D eigenvalue weighted by Crippen LogP contribution is 2.12. The summed E-state index contributed by atoms with van der Waals surface area (Å²) in [5.41, 5.74) is 0. The Hall–Kier alpha value is -2.08. The Morgan fingerprint density at radius 1 is 1.05 bits per heavy atom. The second kappa shape index (κ2) is 11.0. The number of ether oxygens (including phenoxy) is 2. The van der Waals surface area contributed by atoms with Crippen molar-refractivity contribution in [1.29, 1.82) is 10.5 Å². The van der Waals surface area contributed by atoms with Gasteiger partial charge in [-0.3, -0.25) is 9.59 Å². The Balaban J connectivity index is 3.66. The second-order valence-electron chi connectivity index (χ2n) is 4.11. The number of rotatable bonds is 9. The lowest BCUT2D eigenvalue weighted by Crippen LogP contribution is -2.12. The molecule has 0 bridgehead atoms. The van der Waals surface area contributed by atoms with Crippen LogP contribution in [0.2, 0.25) is 0 Å². The smallest absolute Gasteiger partial charge is 0.306 e. The van der Waals surface area contributed by atoms with Crippen molar-refractivity contribution in [3.63, 3.8) is 0 Å². The molecule has 0 fully saturated rings. The first-order valence-corrected chi connectivity index (χ1v) is 6.15. The van der Waals surface area contributed by atoms with Gasteiger partial charge in [-0.25, -0.2) is 0 Å². The molecule has 0 aromatic rings. The average molecular weight is 266 g/mol. The van der Waals surface area contributed by atoms with E-state index in [9.17, 15) is 9.59 Å². The van der Waals surface area contributed by atoms with E-state index in [0.29, 0.717) is 6.42 Å². The zero-order valence-corrected chi connectivity index (χ0v) is 11.1. The molecule has 0 spiro atoms. The first-order valence-electron chi connectivity index (χ1n) is 6.15. The van der Waals surface area contributed by atoms with Gasteiger partial charge in [0.2, 0.25) is 0 Å². The number of hydrogen-bond acceptors (Lipinski definition) is 6. The highest BCUT2D eigenvalue weighted by Gasteiger charge is 2.12. The van der Waals surface area contributed by atoms with E-state index in [1.165, 1.54) is 0 Å². The number of hydrogen-bond donors (Lipinski definition) is 0. The molecule has 0 aliphatic rings. The van der Waals surface area contributed by atoms with Gasteiger partial charge < -0.3 is 9.47 Å². The Bertz CT molecular complexity index is 368. The lowest BCUT2D eigenvalue weighted by atomic mass is 10.0. The molecule has 6 heteroatoms. The maximum atomic E-state index is 11.3. The minimum Gasteiger partial charge on any atom is -0.465 e. The van der Waals surface area contributed by atoms with Crippen molar-refractivity contribution >= 4 is 11.9 Å². The highest BCUT2D eigenvalue weighted by molar-refractivity contribution is 5.70. The van der Waals surface area contributed by atoms with Gasteiger partial charge >= 0.3 is 11.9 Å². The summed E-state index contributed by atoms with van der Waals surface area (Å²) in [6.45, 7) is 2.06. The molecule has 0 saturated heterocycles. The third kappa shape index (κ3) is 10.8. The maximum absolute atomic E-state index is 11.3. The van der Waals surface area contributed by atoms with Crippen LogP contribution in [0.25, 0.3) is 0 Å². The van der Waals surface area contributed by atoms with Crippen LogP contribution in [-0.2, 0) is 19.1 Å². The minimum atomic E-state index is -0.361. The van der Waals surface area contributed by atoms with E-state index in [-0.39, 0.29) is 56.8 Å². The van der Waals surface area contributed by atoms with Crippen LogP contribution in [0.5, 0.6) is 0 Å². The van der Waals surface area contributed by atoms with Gasteiger partial charge in [-0.15, -0.1) is 0 Å². The van der Waals surface area contributed by atoms with E-state index >= 15 is 0 Å². The quantitative estimate of drug-likeness (QED) is 0.465. The first-order chi connectivity index (χ1) is 9.10. The predicted molar refractivity (Wildman–Crippen MR) is 65.4 cm³/mol. The van der Waals surface area contributed by atoms with Crippen molar-refractivity contribution in [2.45, 2.75) is 39.0 Å². The number of carbonyl (C=O) groups is 2. The van der Waals surface area contributed by atoms with Gasteiger partial charge in [0.15, 0.2) is 0 Å². The summed E-state index contributed by atoms with van der Waals surface area (Å²) in [5, 5.41) is 16.6. The van der Waals surface area contributed by atoms with Crippen molar-refractivity contribution < 1.29 is 19.1 Å². The van der Waals surface area contributed by atoms with Crippen LogP contribution in [-0.4, -0.2) is 25.2 Å². The Morgan fingerprint density at radius 3 is 2.11 bits per heavy atom. The van der Waals surface area contributed by atoms with Gasteiger partial charge in [0.25, 0.3) is 0 Å². The highest BCUT2D eigenvalue weighted by atomic mass is 16.5. The summed E-state index contributed by atoms with van der Waals surface area (Å²) >= 11 is 0. The van der Waals surface area contributed by atoms with Gasteiger partial charge in [0, 0.05) is 12.8 Å². The Morgan fingerprint density at radius 2 is 1.58 bits per heavy atom. The van der Waals surface area contributed by atoms with E-state index < -0.39 is 0 Å². The fourth-order valence-electron chi connectivity index (χ4n) is 1.30. The normalized spacial score (nSPS) is 10.9. The van der Waals surface area contributed by atoms with E-state index in [0.717, 1.165) is 0 Å². The summed E-state index contributed by atoms with van der Waals surface area (Å²) in [5.74, 6) is -0.710. The second-order valence-corrected chi connectivity index (χ2v) is 4.11. The molecule has 104 valence electrons. The number of carbonyl (C=O) groups excluding carboxylic acids is 2. The maximum Gasteiger partial charge on any atom is 0.306 e. The number of esters is 2. The predicted octanol–water partition coefficient (Wildman–Crippen LogP) is 1.71. The summed E-state index contributed by atoms with van der Waals surface area (Å²) in [6, 6.07) is 3.76. The van der Waals surface area contributed by atoms with Gasteiger partial charge in [0.1, 0.15) is 13.2 Å². The lowest BCUT2D eigenvalue weighted by molar-refractivity contribution is -0.146. The Labute approximate surface area is 112 Å². The lowest BCUT2D eigenvalue weighted by Gasteiger charge is -2.10. The summed E-state index contributed by atoms with van der Waals surface area (Å²) in [6.07, 6.45) is 1.34. The zero-order chi connectivity index (χ0) is 14.5. The van der Waals surface area contributed by atoms with Crippen LogP contribution in [0.3, 0.4) is 0 Å². The number of nitriles is 2.